The minimum atomic E-state index is 0.694. The Bertz CT molecular complexity index is 70.9. The van der Waals surface area contributed by atoms with Gasteiger partial charge in [0.05, 0.1) is 0 Å². The van der Waals surface area contributed by atoms with E-state index in [-0.39, 0.29) is 0 Å². The van der Waals surface area contributed by atoms with Crippen LogP contribution in [0.1, 0.15) is 46.5 Å². The molecular formula is C10H23N. The predicted octanol–water partition coefficient (Wildman–Crippen LogP) is 2.81. The van der Waals surface area contributed by atoms with Crippen LogP contribution in [-0.4, -0.2) is 13.1 Å². The first-order valence-electron chi connectivity index (χ1n) is 4.88. The number of nitrogens with one attached hydrogen (secondary N) is 1. The van der Waals surface area contributed by atoms with Gasteiger partial charge in [-0.15, -0.1) is 0 Å². The van der Waals surface area contributed by atoms with Gasteiger partial charge >= 0.3 is 0 Å². The molecule has 0 saturated carbocycles. The van der Waals surface area contributed by atoms with Gasteiger partial charge < -0.3 is 5.32 Å². The molecule has 0 aliphatic heterocycles. The Balaban J connectivity index is 3.13. The van der Waals surface area contributed by atoms with Crippen LogP contribution in [0.4, 0.5) is 0 Å². The third-order valence-corrected chi connectivity index (χ3v) is 2.52. The first-order chi connectivity index (χ1) is 5.20. The number of hydrogen-bond acceptors (Lipinski definition) is 1. The van der Waals surface area contributed by atoms with Crippen LogP contribution in [0.15, 0.2) is 0 Å². The lowest BCUT2D eigenvalue weighted by Gasteiger charge is -2.11. The number of rotatable bonds is 6. The lowest BCUT2D eigenvalue weighted by atomic mass is 10.00. The van der Waals surface area contributed by atoms with E-state index in [0.717, 1.165) is 5.92 Å². The fraction of sp³-hybridized carbons (Fsp3) is 1.00. The molecule has 68 valence electrons. The molecule has 2 unspecified atom stereocenters. The Hall–Kier alpha value is -0.0400. The highest BCUT2D eigenvalue weighted by molar-refractivity contribution is 4.58. The normalized spacial score (nSPS) is 16.4. The van der Waals surface area contributed by atoms with Crippen molar-refractivity contribution >= 4 is 0 Å². The first-order valence-corrected chi connectivity index (χ1v) is 4.88. The van der Waals surface area contributed by atoms with E-state index in [9.17, 15) is 0 Å². The van der Waals surface area contributed by atoms with E-state index in [2.05, 4.69) is 26.1 Å². The van der Waals surface area contributed by atoms with Gasteiger partial charge in [0, 0.05) is 6.04 Å². The fourth-order valence-electron chi connectivity index (χ4n) is 1.12. The average Bonchev–Trinajstić information content (AvgIpc) is 2.04. The topological polar surface area (TPSA) is 12.0 Å². The van der Waals surface area contributed by atoms with Gasteiger partial charge in [0.1, 0.15) is 0 Å². The zero-order chi connectivity index (χ0) is 8.69. The van der Waals surface area contributed by atoms with Gasteiger partial charge in [-0.25, -0.2) is 0 Å². The Morgan fingerprint density at radius 2 is 1.82 bits per heavy atom. The van der Waals surface area contributed by atoms with E-state index < -0.39 is 0 Å². The van der Waals surface area contributed by atoms with Crippen LogP contribution in [0.5, 0.6) is 0 Å². The average molecular weight is 157 g/mol. The van der Waals surface area contributed by atoms with E-state index >= 15 is 0 Å². The molecule has 1 nitrogen and oxygen atoms in total. The molecule has 0 aromatic rings. The zero-order valence-electron chi connectivity index (χ0n) is 8.48. The van der Waals surface area contributed by atoms with Crippen molar-refractivity contribution < 1.29 is 0 Å². The molecule has 0 aliphatic rings. The van der Waals surface area contributed by atoms with E-state index in [1.54, 1.807) is 0 Å². The summed E-state index contributed by atoms with van der Waals surface area (Å²) < 4.78 is 0. The molecule has 0 bridgehead atoms. The van der Waals surface area contributed by atoms with Crippen LogP contribution in [-0.2, 0) is 0 Å². The van der Waals surface area contributed by atoms with Crippen molar-refractivity contribution in [1.82, 2.24) is 5.32 Å². The second kappa shape index (κ2) is 6.66. The van der Waals surface area contributed by atoms with Crippen molar-refractivity contribution in [2.45, 2.75) is 52.5 Å². The summed E-state index contributed by atoms with van der Waals surface area (Å²) in [5.41, 5.74) is 0. The fourth-order valence-corrected chi connectivity index (χ4v) is 1.12. The maximum Gasteiger partial charge on any atom is 0.00357 e. The van der Waals surface area contributed by atoms with Gasteiger partial charge in [-0.2, -0.15) is 0 Å². The van der Waals surface area contributed by atoms with Crippen LogP contribution in [0, 0.1) is 5.92 Å². The molecule has 11 heavy (non-hydrogen) atoms. The molecule has 1 N–H and O–H groups in total. The molecule has 0 rings (SSSR count). The SMILES string of the molecule is CCC(C)CCCC(C)NC. The summed E-state index contributed by atoms with van der Waals surface area (Å²) in [6.45, 7) is 6.85. The van der Waals surface area contributed by atoms with Crippen LogP contribution in [0.2, 0.25) is 0 Å². The van der Waals surface area contributed by atoms with Crippen LogP contribution in [0.25, 0.3) is 0 Å². The summed E-state index contributed by atoms with van der Waals surface area (Å²) >= 11 is 0. The van der Waals surface area contributed by atoms with Gasteiger partial charge in [-0.1, -0.05) is 33.1 Å². The Morgan fingerprint density at radius 1 is 1.18 bits per heavy atom. The highest BCUT2D eigenvalue weighted by atomic mass is 14.8. The maximum absolute atomic E-state index is 3.26. The van der Waals surface area contributed by atoms with Gasteiger partial charge in [-0.3, -0.25) is 0 Å². The molecule has 0 spiro atoms. The summed E-state index contributed by atoms with van der Waals surface area (Å²) in [4.78, 5) is 0. The molecule has 0 heterocycles. The van der Waals surface area contributed by atoms with Crippen molar-refractivity contribution in [3.8, 4) is 0 Å². The van der Waals surface area contributed by atoms with Crippen LogP contribution < -0.4 is 5.32 Å². The Morgan fingerprint density at radius 3 is 2.27 bits per heavy atom. The van der Waals surface area contributed by atoms with Crippen molar-refractivity contribution in [2.75, 3.05) is 7.05 Å². The summed E-state index contributed by atoms with van der Waals surface area (Å²) in [5.74, 6) is 0.916. The highest BCUT2D eigenvalue weighted by Crippen LogP contribution is 2.11. The third kappa shape index (κ3) is 6.36. The minimum absolute atomic E-state index is 0.694. The molecular weight excluding hydrogens is 134 g/mol. The minimum Gasteiger partial charge on any atom is -0.317 e. The monoisotopic (exact) mass is 157 g/mol. The smallest absolute Gasteiger partial charge is 0.00357 e. The Labute approximate surface area is 71.6 Å². The van der Waals surface area contributed by atoms with Crippen LogP contribution in [0.3, 0.4) is 0 Å². The molecule has 1 heteroatoms. The van der Waals surface area contributed by atoms with Gasteiger partial charge in [-0.05, 0) is 26.3 Å². The molecule has 0 aromatic carbocycles. The second-order valence-corrected chi connectivity index (χ2v) is 3.63. The largest absolute Gasteiger partial charge is 0.317 e. The van der Waals surface area contributed by atoms with Crippen molar-refractivity contribution in [3.63, 3.8) is 0 Å². The van der Waals surface area contributed by atoms with Crippen LogP contribution >= 0.6 is 0 Å². The quantitative estimate of drug-likeness (QED) is 0.625. The highest BCUT2D eigenvalue weighted by Gasteiger charge is 2.00. The van der Waals surface area contributed by atoms with Crippen molar-refractivity contribution in [2.24, 2.45) is 5.92 Å². The molecule has 0 fully saturated rings. The van der Waals surface area contributed by atoms with E-state index in [1.165, 1.54) is 25.7 Å². The summed E-state index contributed by atoms with van der Waals surface area (Å²) in [7, 11) is 2.04. The zero-order valence-corrected chi connectivity index (χ0v) is 8.48. The number of hydrogen-bond donors (Lipinski definition) is 1. The van der Waals surface area contributed by atoms with E-state index in [1.807, 2.05) is 7.05 Å². The van der Waals surface area contributed by atoms with Crippen molar-refractivity contribution in [1.29, 1.82) is 0 Å². The molecule has 0 saturated heterocycles. The Kier molecular flexibility index (Phi) is 6.63. The van der Waals surface area contributed by atoms with E-state index in [4.69, 9.17) is 0 Å². The summed E-state index contributed by atoms with van der Waals surface area (Å²) in [5, 5.41) is 3.26. The summed E-state index contributed by atoms with van der Waals surface area (Å²) in [6.07, 6.45) is 5.41. The molecule has 0 amide bonds. The standard InChI is InChI=1S/C10H23N/c1-5-9(2)7-6-8-10(3)11-4/h9-11H,5-8H2,1-4H3. The first kappa shape index (κ1) is 11.0. The molecule has 0 aliphatic carbocycles. The maximum atomic E-state index is 3.26. The third-order valence-electron chi connectivity index (χ3n) is 2.52. The lowest BCUT2D eigenvalue weighted by molar-refractivity contribution is 0.450. The lowest BCUT2D eigenvalue weighted by Crippen LogP contribution is -2.20. The van der Waals surface area contributed by atoms with Crippen molar-refractivity contribution in [3.05, 3.63) is 0 Å². The van der Waals surface area contributed by atoms with E-state index in [0.29, 0.717) is 6.04 Å². The van der Waals surface area contributed by atoms with Gasteiger partial charge in [0.15, 0.2) is 0 Å². The molecule has 0 radical (unpaired) electrons. The molecule has 0 aromatic heterocycles. The molecule has 2 atom stereocenters. The second-order valence-electron chi connectivity index (χ2n) is 3.63. The predicted molar refractivity (Wildman–Crippen MR) is 51.8 cm³/mol. The summed E-state index contributed by atoms with van der Waals surface area (Å²) in [6, 6.07) is 0.694. The van der Waals surface area contributed by atoms with Gasteiger partial charge in [0.25, 0.3) is 0 Å². The van der Waals surface area contributed by atoms with Gasteiger partial charge in [0.2, 0.25) is 0 Å².